The largest absolute Gasteiger partial charge is 0.497 e. The molecule has 1 saturated heterocycles. The number of para-hydroxylation sites is 1. The maximum absolute atomic E-state index is 13.9. The number of carbonyl (C=O) groups excluding carboxylic acids is 1. The van der Waals surface area contributed by atoms with Crippen LogP contribution >= 0.6 is 11.6 Å². The number of ether oxygens (including phenoxy) is 2. The fraction of sp³-hybridized carbons (Fsp3) is 0.321. The van der Waals surface area contributed by atoms with Gasteiger partial charge in [-0.05, 0) is 73.5 Å². The zero-order valence-electron chi connectivity index (χ0n) is 19.5. The van der Waals surface area contributed by atoms with Crippen molar-refractivity contribution in [2.24, 2.45) is 5.92 Å². The molecule has 5 nitrogen and oxygen atoms in total. The van der Waals surface area contributed by atoms with Gasteiger partial charge >= 0.3 is 0 Å². The second-order valence-corrected chi connectivity index (χ2v) is 8.88. The van der Waals surface area contributed by atoms with Crippen molar-refractivity contribution >= 4 is 17.5 Å². The minimum Gasteiger partial charge on any atom is -0.497 e. The summed E-state index contributed by atoms with van der Waals surface area (Å²) in [7, 11) is 1.65. The molecule has 0 bridgehead atoms. The fourth-order valence-corrected chi connectivity index (χ4v) is 4.56. The number of hydrogen-bond acceptors (Lipinski definition) is 4. The Kier molecular flexibility index (Phi) is 8.45. The number of rotatable bonds is 9. The Morgan fingerprint density at radius 3 is 2.18 bits per heavy atom. The van der Waals surface area contributed by atoms with E-state index in [1.807, 2.05) is 83.8 Å². The highest BCUT2D eigenvalue weighted by molar-refractivity contribution is 6.30. The zero-order chi connectivity index (χ0) is 23.8. The second-order valence-electron chi connectivity index (χ2n) is 8.44. The molecule has 0 spiro atoms. The average Bonchev–Trinajstić information content (AvgIpc) is 2.90. The van der Waals surface area contributed by atoms with Crippen LogP contribution in [0, 0.1) is 5.92 Å². The summed E-state index contributed by atoms with van der Waals surface area (Å²) in [5.41, 5.74) is 2.03. The maximum Gasteiger partial charge on any atom is 0.226 e. The van der Waals surface area contributed by atoms with Crippen LogP contribution in [0.2, 0.25) is 5.02 Å². The molecule has 0 aromatic heterocycles. The van der Waals surface area contributed by atoms with Crippen LogP contribution < -0.4 is 14.8 Å². The minimum absolute atomic E-state index is 0.00831. The Morgan fingerprint density at radius 2 is 1.56 bits per heavy atom. The van der Waals surface area contributed by atoms with Gasteiger partial charge in [-0.3, -0.25) is 4.79 Å². The number of methoxy groups -OCH3 is 1. The molecule has 34 heavy (non-hydrogen) atoms. The average molecular weight is 479 g/mol. The predicted octanol–water partition coefficient (Wildman–Crippen LogP) is 5.35. The number of nitrogens with one attached hydrogen (secondary N) is 1. The predicted molar refractivity (Wildman–Crippen MR) is 136 cm³/mol. The Balaban J connectivity index is 1.67. The van der Waals surface area contributed by atoms with Crippen LogP contribution in [0.4, 0.5) is 0 Å². The van der Waals surface area contributed by atoms with E-state index in [4.69, 9.17) is 21.1 Å². The first-order valence-corrected chi connectivity index (χ1v) is 12.1. The minimum atomic E-state index is -0.259. The molecule has 0 radical (unpaired) electrons. The van der Waals surface area contributed by atoms with Gasteiger partial charge in [0.25, 0.3) is 0 Å². The summed E-state index contributed by atoms with van der Waals surface area (Å²) in [4.78, 5) is 15.9. The van der Waals surface area contributed by atoms with Crippen molar-refractivity contribution in [1.29, 1.82) is 0 Å². The highest BCUT2D eigenvalue weighted by Gasteiger charge is 2.32. The van der Waals surface area contributed by atoms with Gasteiger partial charge in [-0.25, -0.2) is 0 Å². The summed E-state index contributed by atoms with van der Waals surface area (Å²) in [5.74, 6) is 1.73. The van der Waals surface area contributed by atoms with Crippen molar-refractivity contribution in [3.63, 3.8) is 0 Å². The van der Waals surface area contributed by atoms with Crippen LogP contribution in [0.25, 0.3) is 0 Å². The van der Waals surface area contributed by atoms with E-state index in [0.717, 1.165) is 48.6 Å². The summed E-state index contributed by atoms with van der Waals surface area (Å²) in [6, 6.07) is 25.1. The lowest BCUT2D eigenvalue weighted by molar-refractivity contribution is -0.138. The van der Waals surface area contributed by atoms with Crippen LogP contribution in [0.15, 0.2) is 78.9 Å². The molecule has 1 amide bonds. The molecule has 1 aliphatic rings. The molecule has 3 aromatic rings. The van der Waals surface area contributed by atoms with Gasteiger partial charge in [0.15, 0.2) is 0 Å². The third-order valence-corrected chi connectivity index (χ3v) is 6.50. The van der Waals surface area contributed by atoms with Crippen LogP contribution in [0.5, 0.6) is 11.5 Å². The van der Waals surface area contributed by atoms with Gasteiger partial charge in [0.2, 0.25) is 5.91 Å². The van der Waals surface area contributed by atoms with Gasteiger partial charge in [0, 0.05) is 10.9 Å². The van der Waals surface area contributed by atoms with Crippen LogP contribution in [-0.2, 0) is 4.79 Å². The third-order valence-electron chi connectivity index (χ3n) is 6.24. The van der Waals surface area contributed by atoms with E-state index in [0.29, 0.717) is 18.2 Å². The van der Waals surface area contributed by atoms with E-state index in [-0.39, 0.29) is 17.9 Å². The summed E-state index contributed by atoms with van der Waals surface area (Å²) in [6.45, 7) is 2.59. The number of hydrogen-bond donors (Lipinski definition) is 1. The van der Waals surface area contributed by atoms with E-state index in [2.05, 4.69) is 5.32 Å². The van der Waals surface area contributed by atoms with E-state index < -0.39 is 0 Å². The molecular formula is C28H31ClN2O3. The van der Waals surface area contributed by atoms with E-state index >= 15 is 0 Å². The SMILES string of the molecule is COc1ccc(C(c2ccc(Cl)cc2)N(CCOc2ccccc2)C(=O)C2CCNCC2)cc1. The number of amides is 1. The lowest BCUT2D eigenvalue weighted by Gasteiger charge is -2.36. The van der Waals surface area contributed by atoms with Crippen LogP contribution in [0.3, 0.4) is 0 Å². The molecular weight excluding hydrogens is 448 g/mol. The first kappa shape index (κ1) is 24.1. The summed E-state index contributed by atoms with van der Waals surface area (Å²) in [6.07, 6.45) is 1.68. The maximum atomic E-state index is 13.9. The fourth-order valence-electron chi connectivity index (χ4n) is 4.43. The topological polar surface area (TPSA) is 50.8 Å². The summed E-state index contributed by atoms with van der Waals surface area (Å²) in [5, 5.41) is 4.03. The van der Waals surface area contributed by atoms with Crippen molar-refractivity contribution in [3.8, 4) is 11.5 Å². The second kappa shape index (κ2) is 11.9. The van der Waals surface area contributed by atoms with E-state index in [1.54, 1.807) is 7.11 Å². The lowest BCUT2D eigenvalue weighted by atomic mass is 9.92. The first-order valence-electron chi connectivity index (χ1n) is 11.7. The lowest BCUT2D eigenvalue weighted by Crippen LogP contribution is -2.44. The van der Waals surface area contributed by atoms with E-state index in [9.17, 15) is 4.79 Å². The Labute approximate surface area is 206 Å². The Bertz CT molecular complexity index is 1040. The van der Waals surface area contributed by atoms with Crippen LogP contribution in [-0.4, -0.2) is 44.2 Å². The van der Waals surface area contributed by atoms with Gasteiger partial charge in [-0.1, -0.05) is 54.1 Å². The molecule has 1 unspecified atom stereocenters. The summed E-state index contributed by atoms with van der Waals surface area (Å²) >= 11 is 6.19. The van der Waals surface area contributed by atoms with Crippen molar-refractivity contribution in [2.45, 2.75) is 18.9 Å². The van der Waals surface area contributed by atoms with Crippen molar-refractivity contribution in [1.82, 2.24) is 10.2 Å². The smallest absolute Gasteiger partial charge is 0.226 e. The number of carbonyl (C=O) groups is 1. The highest BCUT2D eigenvalue weighted by atomic mass is 35.5. The highest BCUT2D eigenvalue weighted by Crippen LogP contribution is 2.33. The first-order chi connectivity index (χ1) is 16.7. The number of nitrogens with zero attached hydrogens (tertiary/aromatic N) is 1. The van der Waals surface area contributed by atoms with Crippen molar-refractivity contribution < 1.29 is 14.3 Å². The van der Waals surface area contributed by atoms with Crippen molar-refractivity contribution in [3.05, 3.63) is 95.0 Å². The van der Waals surface area contributed by atoms with Gasteiger partial charge in [0.05, 0.1) is 19.7 Å². The standard InChI is InChI=1S/C28H31ClN2O3/c1-33-25-13-9-22(10-14-25)27(21-7-11-24(29)12-8-21)31(28(32)23-15-17-30-18-16-23)19-20-34-26-5-3-2-4-6-26/h2-14,23,27,30H,15-20H2,1H3. The van der Waals surface area contributed by atoms with Gasteiger partial charge in [-0.2, -0.15) is 0 Å². The number of piperidine rings is 1. The van der Waals surface area contributed by atoms with E-state index in [1.165, 1.54) is 0 Å². The monoisotopic (exact) mass is 478 g/mol. The third kappa shape index (κ3) is 6.10. The Hall–Kier alpha value is -3.02. The zero-order valence-corrected chi connectivity index (χ0v) is 20.2. The molecule has 178 valence electrons. The molecule has 0 saturated carbocycles. The summed E-state index contributed by atoms with van der Waals surface area (Å²) < 4.78 is 11.4. The molecule has 1 fully saturated rings. The van der Waals surface area contributed by atoms with Gasteiger partial charge < -0.3 is 19.7 Å². The molecule has 1 heterocycles. The molecule has 1 N–H and O–H groups in total. The van der Waals surface area contributed by atoms with Crippen molar-refractivity contribution in [2.75, 3.05) is 33.4 Å². The molecule has 6 heteroatoms. The number of benzene rings is 3. The van der Waals surface area contributed by atoms with Gasteiger partial charge in [0.1, 0.15) is 18.1 Å². The molecule has 4 rings (SSSR count). The Morgan fingerprint density at radius 1 is 0.941 bits per heavy atom. The number of halogens is 1. The van der Waals surface area contributed by atoms with Gasteiger partial charge in [-0.15, -0.1) is 0 Å². The molecule has 1 aliphatic heterocycles. The molecule has 1 atom stereocenters. The molecule has 0 aliphatic carbocycles. The molecule has 3 aromatic carbocycles. The normalized spacial score (nSPS) is 14.9. The van der Waals surface area contributed by atoms with Crippen LogP contribution in [0.1, 0.15) is 30.0 Å². The quantitative estimate of drug-likeness (QED) is 0.450.